The van der Waals surface area contributed by atoms with Crippen molar-refractivity contribution in [3.8, 4) is 0 Å². The van der Waals surface area contributed by atoms with E-state index in [4.69, 9.17) is 9.47 Å². The van der Waals surface area contributed by atoms with Crippen LogP contribution in [-0.4, -0.2) is 63.5 Å². The molecule has 1 aliphatic heterocycles. The first-order chi connectivity index (χ1) is 11.6. The van der Waals surface area contributed by atoms with E-state index >= 15 is 0 Å². The molecule has 132 valence electrons. The minimum atomic E-state index is -0.400. The van der Waals surface area contributed by atoms with Gasteiger partial charge in [-0.25, -0.2) is 9.59 Å². The zero-order chi connectivity index (χ0) is 17.4. The van der Waals surface area contributed by atoms with E-state index in [1.807, 2.05) is 0 Å². The van der Waals surface area contributed by atoms with Gasteiger partial charge in [0.25, 0.3) is 0 Å². The van der Waals surface area contributed by atoms with Crippen LogP contribution < -0.4 is 5.32 Å². The van der Waals surface area contributed by atoms with Gasteiger partial charge in [-0.2, -0.15) is 0 Å². The van der Waals surface area contributed by atoms with E-state index in [2.05, 4.69) is 10.1 Å². The normalized spacial score (nSPS) is 15.2. The quantitative estimate of drug-likeness (QED) is 0.636. The maximum atomic E-state index is 12.3. The van der Waals surface area contributed by atoms with E-state index in [0.29, 0.717) is 37.6 Å². The molecule has 2 amide bonds. The smallest absolute Gasteiger partial charge is 0.337 e. The molecule has 1 aromatic carbocycles. The zero-order valence-electron chi connectivity index (χ0n) is 14.1. The summed E-state index contributed by atoms with van der Waals surface area (Å²) in [4.78, 5) is 25.4. The van der Waals surface area contributed by atoms with Gasteiger partial charge in [-0.1, -0.05) is 0 Å². The highest BCUT2D eigenvalue weighted by molar-refractivity contribution is 5.92. The number of ether oxygens (including phenoxy) is 3. The van der Waals surface area contributed by atoms with Gasteiger partial charge in [-0.15, -0.1) is 0 Å². The lowest BCUT2D eigenvalue weighted by molar-refractivity contribution is -0.00851. The third-order valence-corrected chi connectivity index (χ3v) is 3.93. The molecule has 0 spiro atoms. The van der Waals surface area contributed by atoms with Crippen molar-refractivity contribution in [3.63, 3.8) is 0 Å². The Kier molecular flexibility index (Phi) is 7.02. The van der Waals surface area contributed by atoms with E-state index in [1.54, 1.807) is 36.3 Å². The second kappa shape index (κ2) is 9.24. The first-order valence-corrected chi connectivity index (χ1v) is 7.99. The predicted molar refractivity (Wildman–Crippen MR) is 89.2 cm³/mol. The number of hydrogen-bond acceptors (Lipinski definition) is 5. The largest absolute Gasteiger partial charge is 0.465 e. The summed E-state index contributed by atoms with van der Waals surface area (Å²) < 4.78 is 15.3. The molecule has 0 saturated carbocycles. The summed E-state index contributed by atoms with van der Waals surface area (Å²) in [6, 6.07) is 6.47. The molecule has 0 unspecified atom stereocenters. The zero-order valence-corrected chi connectivity index (χ0v) is 14.1. The SMILES string of the molecule is COCCOC1CCN(C(=O)Nc2ccc(C(=O)OC)cc2)CC1. The molecule has 1 heterocycles. The number of carbonyl (C=O) groups excluding carboxylic acids is 2. The number of piperidine rings is 1. The van der Waals surface area contributed by atoms with Crippen molar-refractivity contribution in [1.82, 2.24) is 4.90 Å². The molecule has 1 saturated heterocycles. The van der Waals surface area contributed by atoms with Crippen molar-refractivity contribution >= 4 is 17.7 Å². The highest BCUT2D eigenvalue weighted by Crippen LogP contribution is 2.16. The number of nitrogens with one attached hydrogen (secondary N) is 1. The Morgan fingerprint density at radius 3 is 2.38 bits per heavy atom. The van der Waals surface area contributed by atoms with Crippen molar-refractivity contribution in [1.29, 1.82) is 0 Å². The van der Waals surface area contributed by atoms with Crippen molar-refractivity contribution in [2.75, 3.05) is 45.8 Å². The molecule has 0 radical (unpaired) electrons. The Bertz CT molecular complexity index is 538. The molecule has 0 bridgehead atoms. The number of anilines is 1. The van der Waals surface area contributed by atoms with E-state index in [1.165, 1.54) is 7.11 Å². The van der Waals surface area contributed by atoms with Gasteiger partial charge in [0.05, 0.1) is 32.0 Å². The van der Waals surface area contributed by atoms with Crippen molar-refractivity contribution in [2.24, 2.45) is 0 Å². The summed E-state index contributed by atoms with van der Waals surface area (Å²) in [7, 11) is 2.98. The monoisotopic (exact) mass is 336 g/mol. The number of amides is 2. The third-order valence-electron chi connectivity index (χ3n) is 3.93. The third kappa shape index (κ3) is 5.21. The van der Waals surface area contributed by atoms with Crippen LogP contribution in [0.2, 0.25) is 0 Å². The highest BCUT2D eigenvalue weighted by atomic mass is 16.5. The van der Waals surface area contributed by atoms with Crippen LogP contribution in [0.3, 0.4) is 0 Å². The van der Waals surface area contributed by atoms with E-state index in [-0.39, 0.29) is 12.1 Å². The summed E-state index contributed by atoms with van der Waals surface area (Å²) in [5.74, 6) is -0.400. The summed E-state index contributed by atoms with van der Waals surface area (Å²) in [6.45, 7) is 2.48. The second-order valence-electron chi connectivity index (χ2n) is 5.55. The number of esters is 1. The number of methoxy groups -OCH3 is 2. The molecule has 1 aromatic rings. The Morgan fingerprint density at radius 1 is 1.12 bits per heavy atom. The van der Waals surface area contributed by atoms with Gasteiger partial charge in [0, 0.05) is 25.9 Å². The van der Waals surface area contributed by atoms with E-state index in [0.717, 1.165) is 12.8 Å². The molecular weight excluding hydrogens is 312 g/mol. The lowest BCUT2D eigenvalue weighted by Crippen LogP contribution is -2.43. The van der Waals surface area contributed by atoms with Crippen LogP contribution in [-0.2, 0) is 14.2 Å². The molecule has 7 nitrogen and oxygen atoms in total. The number of benzene rings is 1. The van der Waals surface area contributed by atoms with Gasteiger partial charge < -0.3 is 24.4 Å². The Hall–Kier alpha value is -2.12. The summed E-state index contributed by atoms with van der Waals surface area (Å²) in [6.07, 6.45) is 1.82. The van der Waals surface area contributed by atoms with Crippen LogP contribution in [0.1, 0.15) is 23.2 Å². The molecule has 1 N–H and O–H groups in total. The van der Waals surface area contributed by atoms with E-state index in [9.17, 15) is 9.59 Å². The fourth-order valence-corrected chi connectivity index (χ4v) is 2.53. The Balaban J connectivity index is 1.78. The molecule has 0 aromatic heterocycles. The summed E-state index contributed by atoms with van der Waals surface area (Å²) >= 11 is 0. The molecule has 0 aliphatic carbocycles. The van der Waals surface area contributed by atoms with Crippen LogP contribution in [0.25, 0.3) is 0 Å². The predicted octanol–water partition coefficient (Wildman–Crippen LogP) is 2.13. The second-order valence-corrected chi connectivity index (χ2v) is 5.55. The Labute approximate surface area is 141 Å². The molecule has 1 aliphatic rings. The molecule has 1 fully saturated rings. The lowest BCUT2D eigenvalue weighted by Gasteiger charge is -2.32. The van der Waals surface area contributed by atoms with Gasteiger partial charge in [-0.3, -0.25) is 0 Å². The molecule has 0 atom stereocenters. The average molecular weight is 336 g/mol. The number of hydrogen-bond donors (Lipinski definition) is 1. The molecular formula is C17H24N2O5. The number of rotatable bonds is 6. The molecule has 24 heavy (non-hydrogen) atoms. The first kappa shape index (κ1) is 18.2. The number of likely N-dealkylation sites (tertiary alicyclic amines) is 1. The van der Waals surface area contributed by atoms with Gasteiger partial charge in [0.1, 0.15) is 0 Å². The molecule has 2 rings (SSSR count). The minimum Gasteiger partial charge on any atom is -0.465 e. The maximum Gasteiger partial charge on any atom is 0.337 e. The van der Waals surface area contributed by atoms with Gasteiger partial charge in [-0.05, 0) is 37.1 Å². The fraction of sp³-hybridized carbons (Fsp3) is 0.529. The van der Waals surface area contributed by atoms with Crippen molar-refractivity contribution in [3.05, 3.63) is 29.8 Å². The van der Waals surface area contributed by atoms with Crippen LogP contribution in [0, 0.1) is 0 Å². The number of carbonyl (C=O) groups is 2. The van der Waals surface area contributed by atoms with E-state index < -0.39 is 5.97 Å². The fourth-order valence-electron chi connectivity index (χ4n) is 2.53. The van der Waals surface area contributed by atoms with Crippen LogP contribution in [0.5, 0.6) is 0 Å². The van der Waals surface area contributed by atoms with Gasteiger partial charge in [0.15, 0.2) is 0 Å². The van der Waals surface area contributed by atoms with Crippen LogP contribution >= 0.6 is 0 Å². The summed E-state index contributed by atoms with van der Waals surface area (Å²) in [5, 5.41) is 2.84. The van der Waals surface area contributed by atoms with Crippen LogP contribution in [0.4, 0.5) is 10.5 Å². The highest BCUT2D eigenvalue weighted by Gasteiger charge is 2.23. The molecule has 7 heteroatoms. The lowest BCUT2D eigenvalue weighted by atomic mass is 10.1. The standard InChI is InChI=1S/C17H24N2O5/c1-22-11-12-24-15-7-9-19(10-8-15)17(21)18-14-5-3-13(4-6-14)16(20)23-2/h3-6,15H,7-12H2,1-2H3,(H,18,21). The Morgan fingerprint density at radius 2 is 1.79 bits per heavy atom. The van der Waals surface area contributed by atoms with Gasteiger partial charge >= 0.3 is 12.0 Å². The summed E-state index contributed by atoms with van der Waals surface area (Å²) in [5.41, 5.74) is 1.09. The number of urea groups is 1. The maximum absolute atomic E-state index is 12.3. The van der Waals surface area contributed by atoms with Crippen molar-refractivity contribution in [2.45, 2.75) is 18.9 Å². The number of nitrogens with zero attached hydrogens (tertiary/aromatic N) is 1. The van der Waals surface area contributed by atoms with Crippen LogP contribution in [0.15, 0.2) is 24.3 Å². The minimum absolute atomic E-state index is 0.142. The average Bonchev–Trinajstić information content (AvgIpc) is 2.62. The van der Waals surface area contributed by atoms with Crippen molar-refractivity contribution < 1.29 is 23.8 Å². The first-order valence-electron chi connectivity index (χ1n) is 7.99. The topological polar surface area (TPSA) is 77.1 Å². The van der Waals surface area contributed by atoms with Gasteiger partial charge in [0.2, 0.25) is 0 Å².